The van der Waals surface area contributed by atoms with Crippen LogP contribution in [0.15, 0.2) is 101 Å². The van der Waals surface area contributed by atoms with Gasteiger partial charge in [-0.25, -0.2) is 9.59 Å². The van der Waals surface area contributed by atoms with E-state index in [4.69, 9.17) is 33.6 Å². The van der Waals surface area contributed by atoms with E-state index in [9.17, 15) is 9.59 Å². The van der Waals surface area contributed by atoms with E-state index < -0.39 is 0 Å². The van der Waals surface area contributed by atoms with Crippen molar-refractivity contribution < 1.29 is 5.11 Å². The molecule has 50 heavy (non-hydrogen) atoms. The van der Waals surface area contributed by atoms with Crippen LogP contribution in [0.3, 0.4) is 0 Å². The molecule has 2 aromatic heterocycles. The number of aromatic nitrogens is 4. The largest absolute Gasteiger partial charge is 0.400 e. The fourth-order valence-electron chi connectivity index (χ4n) is 4.98. The summed E-state index contributed by atoms with van der Waals surface area (Å²) >= 11 is 12.0. The molecule has 12 heteroatoms. The first kappa shape index (κ1) is 39.2. The van der Waals surface area contributed by atoms with Crippen molar-refractivity contribution in [1.82, 2.24) is 19.1 Å². The molecule has 0 bridgehead atoms. The Bertz CT molecular complexity index is 2190. The molecule has 0 unspecified atom stereocenters. The number of halogens is 2. The molecule has 2 N–H and O–H groups in total. The van der Waals surface area contributed by atoms with Gasteiger partial charge in [-0.1, -0.05) is 73.4 Å². The lowest BCUT2D eigenvalue weighted by molar-refractivity contribution is 0.399. The maximum Gasteiger partial charge on any atom is 0.354 e. The summed E-state index contributed by atoms with van der Waals surface area (Å²) in [5, 5.41) is 21.4. The number of anilines is 2. The van der Waals surface area contributed by atoms with Crippen molar-refractivity contribution >= 4 is 56.6 Å². The highest BCUT2D eigenvalue weighted by atomic mass is 35.5. The molecule has 0 aliphatic carbocycles. The second-order valence-electron chi connectivity index (χ2n) is 10.5. The first-order valence-electron chi connectivity index (χ1n) is 16.0. The Morgan fingerprint density at radius 1 is 0.800 bits per heavy atom. The Hall–Kier alpha value is -5.21. The zero-order valence-electron chi connectivity index (χ0n) is 29.0. The van der Waals surface area contributed by atoms with Crippen LogP contribution in [0.1, 0.15) is 31.4 Å². The SMILES string of the molecule is CC.CNc1nc(=O)n(C)c2cc(Cl)ccc12.CO.Cc1ccccc1C#N.O=c1nc(N2CCC2)c2ccc(Cl)cc2n1-c1ccccc1. The Morgan fingerprint density at radius 2 is 1.38 bits per heavy atom. The summed E-state index contributed by atoms with van der Waals surface area (Å²) in [5.41, 5.74) is 3.59. The number of nitrogens with zero attached hydrogens (tertiary/aromatic N) is 6. The second kappa shape index (κ2) is 19.1. The molecule has 0 radical (unpaired) electrons. The fourth-order valence-corrected chi connectivity index (χ4v) is 5.32. The molecule has 0 atom stereocenters. The average molecular weight is 715 g/mol. The van der Waals surface area contributed by atoms with Crippen molar-refractivity contribution in [3.63, 3.8) is 0 Å². The van der Waals surface area contributed by atoms with Crippen molar-refractivity contribution in [2.45, 2.75) is 27.2 Å². The summed E-state index contributed by atoms with van der Waals surface area (Å²) in [6.07, 6.45) is 1.14. The molecular weight excluding hydrogens is 673 g/mol. The van der Waals surface area contributed by atoms with Crippen LogP contribution in [-0.4, -0.2) is 51.5 Å². The van der Waals surface area contributed by atoms with Gasteiger partial charge in [0.2, 0.25) is 0 Å². The zero-order chi connectivity index (χ0) is 36.8. The summed E-state index contributed by atoms with van der Waals surface area (Å²) in [4.78, 5) is 34.4. The third-order valence-corrected chi connectivity index (χ3v) is 8.05. The predicted octanol–water partition coefficient (Wildman–Crippen LogP) is 7.38. The van der Waals surface area contributed by atoms with Gasteiger partial charge in [-0.05, 0) is 73.5 Å². The fraction of sp³-hybridized carbons (Fsp3) is 0.237. The number of fused-ring (bicyclic) bond motifs is 2. The summed E-state index contributed by atoms with van der Waals surface area (Å²) in [5.74, 6) is 1.33. The van der Waals surface area contributed by atoms with Crippen LogP contribution < -0.4 is 21.6 Å². The van der Waals surface area contributed by atoms with Crippen LogP contribution in [0.2, 0.25) is 10.0 Å². The molecular formula is C38H41Cl2N7O3. The van der Waals surface area contributed by atoms with Crippen LogP contribution >= 0.6 is 23.2 Å². The molecule has 1 saturated heterocycles. The average Bonchev–Trinajstić information content (AvgIpc) is 3.12. The van der Waals surface area contributed by atoms with Gasteiger partial charge in [-0.2, -0.15) is 15.2 Å². The van der Waals surface area contributed by atoms with Gasteiger partial charge in [0.05, 0.1) is 28.4 Å². The number of para-hydroxylation sites is 1. The van der Waals surface area contributed by atoms with Gasteiger partial charge in [-0.3, -0.25) is 9.13 Å². The van der Waals surface area contributed by atoms with Crippen molar-refractivity contribution in [2.24, 2.45) is 7.05 Å². The van der Waals surface area contributed by atoms with Crippen molar-refractivity contribution in [3.05, 3.63) is 133 Å². The molecule has 10 nitrogen and oxygen atoms in total. The Kier molecular flexibility index (Phi) is 15.0. The van der Waals surface area contributed by atoms with E-state index in [0.717, 1.165) is 71.1 Å². The number of benzene rings is 4. The van der Waals surface area contributed by atoms with Crippen LogP contribution in [0.4, 0.5) is 11.6 Å². The van der Waals surface area contributed by atoms with Crippen LogP contribution in [0, 0.1) is 18.3 Å². The first-order chi connectivity index (χ1) is 24.2. The molecule has 0 saturated carbocycles. The van der Waals surface area contributed by atoms with Gasteiger partial charge in [0.1, 0.15) is 11.6 Å². The lowest BCUT2D eigenvalue weighted by Gasteiger charge is -2.33. The van der Waals surface area contributed by atoms with E-state index in [1.165, 1.54) is 4.57 Å². The lowest BCUT2D eigenvalue weighted by Crippen LogP contribution is -2.39. The molecule has 1 aliphatic heterocycles. The van der Waals surface area contributed by atoms with E-state index in [2.05, 4.69) is 26.3 Å². The van der Waals surface area contributed by atoms with Gasteiger partial charge in [0.25, 0.3) is 0 Å². The minimum Gasteiger partial charge on any atom is -0.400 e. The highest BCUT2D eigenvalue weighted by Gasteiger charge is 2.21. The molecule has 1 fully saturated rings. The van der Waals surface area contributed by atoms with E-state index >= 15 is 0 Å². The number of nitriles is 1. The lowest BCUT2D eigenvalue weighted by atomic mass is 10.1. The Labute approximate surface area is 301 Å². The van der Waals surface area contributed by atoms with Crippen molar-refractivity contribution in [1.29, 1.82) is 5.26 Å². The summed E-state index contributed by atoms with van der Waals surface area (Å²) < 4.78 is 3.09. The molecule has 7 rings (SSSR count). The first-order valence-corrected chi connectivity index (χ1v) is 16.7. The molecule has 260 valence electrons. The molecule has 3 heterocycles. The number of aryl methyl sites for hydroxylation is 2. The van der Waals surface area contributed by atoms with Crippen molar-refractivity contribution in [3.8, 4) is 11.8 Å². The van der Waals surface area contributed by atoms with Crippen LogP contribution in [0.25, 0.3) is 27.5 Å². The molecule has 6 aromatic rings. The highest BCUT2D eigenvalue weighted by Crippen LogP contribution is 2.29. The standard InChI is InChI=1S/C17H14ClN3O.C10H10ClN3O.C8H7N.C2H6.CH4O/c18-12-7-8-14-15(11-12)21(13-5-2-1-3-6-13)17(22)19-16(14)20-9-4-10-20;1-12-9-7-4-3-6(11)5-8(7)14(2)10(15)13-9;1-7-4-2-3-5-8(7)6-9;2*1-2/h1-3,5-8,11H,4,9-10H2;3-5H,1-2H3,(H,12,13,15);2-5H,1H3;1-2H3;2H,1H3. The Morgan fingerprint density at radius 3 is 1.92 bits per heavy atom. The van der Waals surface area contributed by atoms with Crippen LogP contribution in [0.5, 0.6) is 0 Å². The Balaban J connectivity index is 0.000000209. The molecule has 0 spiro atoms. The van der Waals surface area contributed by atoms with Gasteiger partial charge in [0.15, 0.2) is 0 Å². The molecule has 4 aromatic carbocycles. The van der Waals surface area contributed by atoms with E-state index in [1.54, 1.807) is 30.8 Å². The minimum absolute atomic E-state index is 0.275. The zero-order valence-corrected chi connectivity index (χ0v) is 30.5. The quantitative estimate of drug-likeness (QED) is 0.194. The predicted molar refractivity (Wildman–Crippen MR) is 206 cm³/mol. The van der Waals surface area contributed by atoms with Gasteiger partial charge >= 0.3 is 11.4 Å². The van der Waals surface area contributed by atoms with Crippen molar-refractivity contribution in [2.75, 3.05) is 37.5 Å². The number of hydrogen-bond acceptors (Lipinski definition) is 8. The number of nitrogens with one attached hydrogen (secondary N) is 1. The number of hydrogen-bond donors (Lipinski definition) is 2. The topological polar surface area (TPSA) is 129 Å². The number of aliphatic hydroxyl groups is 1. The minimum atomic E-state index is -0.297. The molecule has 0 amide bonds. The highest BCUT2D eigenvalue weighted by molar-refractivity contribution is 6.31. The maximum atomic E-state index is 12.6. The van der Waals surface area contributed by atoms with Gasteiger partial charge < -0.3 is 15.3 Å². The summed E-state index contributed by atoms with van der Waals surface area (Å²) in [6.45, 7) is 7.82. The third-order valence-electron chi connectivity index (χ3n) is 7.58. The molecule has 1 aliphatic rings. The van der Waals surface area contributed by atoms with E-state index in [-0.39, 0.29) is 11.4 Å². The third kappa shape index (κ3) is 9.27. The number of rotatable bonds is 3. The van der Waals surface area contributed by atoms with Gasteiger partial charge in [0, 0.05) is 55.1 Å². The number of aliphatic hydroxyl groups excluding tert-OH is 1. The summed E-state index contributed by atoms with van der Waals surface area (Å²) in [6, 6.07) is 30.1. The maximum absolute atomic E-state index is 12.6. The normalized spacial score (nSPS) is 11.2. The monoisotopic (exact) mass is 713 g/mol. The smallest absolute Gasteiger partial charge is 0.354 e. The van der Waals surface area contributed by atoms with Gasteiger partial charge in [-0.15, -0.1) is 0 Å². The second-order valence-corrected chi connectivity index (χ2v) is 11.4. The van der Waals surface area contributed by atoms with Crippen LogP contribution in [-0.2, 0) is 7.05 Å². The van der Waals surface area contributed by atoms with E-state index in [0.29, 0.717) is 15.9 Å². The van der Waals surface area contributed by atoms with E-state index in [1.807, 2.05) is 99.6 Å². The summed E-state index contributed by atoms with van der Waals surface area (Å²) in [7, 11) is 4.41.